The van der Waals surface area contributed by atoms with Gasteiger partial charge in [0.2, 0.25) is 0 Å². The molecule has 1 heterocycles. The van der Waals surface area contributed by atoms with Gasteiger partial charge >= 0.3 is 0 Å². The first-order valence-corrected chi connectivity index (χ1v) is 8.47. The minimum atomic E-state index is 0.780. The molecule has 6 heteroatoms. The SMILES string of the molecule is CN=C(NCCCOCC1CC1)N(C)Cc1csc(C)n1. The Kier molecular flexibility index (Phi) is 6.45. The minimum Gasteiger partial charge on any atom is -0.381 e. The minimum absolute atomic E-state index is 0.780. The lowest BCUT2D eigenvalue weighted by atomic mass is 10.4. The molecule has 2 rings (SSSR count). The number of hydrogen-bond donors (Lipinski definition) is 1. The highest BCUT2D eigenvalue weighted by Gasteiger charge is 2.20. The van der Waals surface area contributed by atoms with E-state index in [-0.39, 0.29) is 0 Å². The molecule has 0 saturated heterocycles. The van der Waals surface area contributed by atoms with Crippen molar-refractivity contribution < 1.29 is 4.74 Å². The zero-order valence-electron chi connectivity index (χ0n) is 13.3. The number of hydrogen-bond acceptors (Lipinski definition) is 4. The predicted molar refractivity (Wildman–Crippen MR) is 87.8 cm³/mol. The maximum atomic E-state index is 5.63. The van der Waals surface area contributed by atoms with Crippen LogP contribution in [0.3, 0.4) is 0 Å². The van der Waals surface area contributed by atoms with E-state index in [0.29, 0.717) is 0 Å². The molecule has 1 aromatic rings. The maximum absolute atomic E-state index is 5.63. The van der Waals surface area contributed by atoms with Gasteiger partial charge in [0.25, 0.3) is 0 Å². The molecule has 1 saturated carbocycles. The number of rotatable bonds is 8. The molecule has 118 valence electrons. The summed E-state index contributed by atoms with van der Waals surface area (Å²) in [6, 6.07) is 0. The standard InChI is InChI=1S/C15H26N4OS/c1-12-18-14(11-21-12)9-19(3)15(16-2)17-7-4-8-20-10-13-5-6-13/h11,13H,4-10H2,1-3H3,(H,16,17). The van der Waals surface area contributed by atoms with E-state index in [1.807, 2.05) is 21.0 Å². The second kappa shape index (κ2) is 8.34. The third kappa shape index (κ3) is 6.01. The van der Waals surface area contributed by atoms with Gasteiger partial charge in [-0.3, -0.25) is 4.99 Å². The number of nitrogens with one attached hydrogen (secondary N) is 1. The zero-order valence-corrected chi connectivity index (χ0v) is 14.1. The molecule has 1 aliphatic carbocycles. The van der Waals surface area contributed by atoms with Crippen molar-refractivity contribution in [1.82, 2.24) is 15.2 Å². The van der Waals surface area contributed by atoms with Gasteiger partial charge in [-0.2, -0.15) is 0 Å². The van der Waals surface area contributed by atoms with Crippen LogP contribution in [0, 0.1) is 12.8 Å². The van der Waals surface area contributed by atoms with Crippen LogP contribution in [0.15, 0.2) is 10.4 Å². The quantitative estimate of drug-likeness (QED) is 0.455. The van der Waals surface area contributed by atoms with Gasteiger partial charge in [-0.05, 0) is 32.1 Å². The summed E-state index contributed by atoms with van der Waals surface area (Å²) in [6.45, 7) is 5.47. The molecule has 1 aromatic heterocycles. The van der Waals surface area contributed by atoms with Crippen molar-refractivity contribution in [1.29, 1.82) is 0 Å². The van der Waals surface area contributed by atoms with Crippen molar-refractivity contribution in [3.8, 4) is 0 Å². The van der Waals surface area contributed by atoms with Crippen molar-refractivity contribution in [2.24, 2.45) is 10.9 Å². The molecule has 0 unspecified atom stereocenters. The molecule has 1 aliphatic rings. The van der Waals surface area contributed by atoms with Crippen molar-refractivity contribution in [2.75, 3.05) is 33.9 Å². The van der Waals surface area contributed by atoms with Gasteiger partial charge in [-0.25, -0.2) is 4.98 Å². The first-order chi connectivity index (χ1) is 10.2. The van der Waals surface area contributed by atoms with E-state index >= 15 is 0 Å². The summed E-state index contributed by atoms with van der Waals surface area (Å²) in [4.78, 5) is 10.9. The summed E-state index contributed by atoms with van der Waals surface area (Å²) in [6.07, 6.45) is 3.72. The Hall–Kier alpha value is -1.14. The number of nitrogens with zero attached hydrogens (tertiary/aromatic N) is 3. The number of thiazole rings is 1. The van der Waals surface area contributed by atoms with Crippen LogP contribution in [-0.2, 0) is 11.3 Å². The van der Waals surface area contributed by atoms with E-state index in [1.165, 1.54) is 12.8 Å². The van der Waals surface area contributed by atoms with E-state index in [4.69, 9.17) is 4.74 Å². The third-order valence-electron chi connectivity index (χ3n) is 3.44. The monoisotopic (exact) mass is 310 g/mol. The Labute approximate surface area is 131 Å². The second-order valence-electron chi connectivity index (χ2n) is 5.56. The fourth-order valence-electron chi connectivity index (χ4n) is 2.09. The maximum Gasteiger partial charge on any atom is 0.193 e. The summed E-state index contributed by atoms with van der Waals surface area (Å²) >= 11 is 1.69. The van der Waals surface area contributed by atoms with E-state index in [2.05, 4.69) is 25.6 Å². The average Bonchev–Trinajstić information content (AvgIpc) is 3.20. The van der Waals surface area contributed by atoms with Gasteiger partial charge < -0.3 is 15.0 Å². The molecule has 0 aromatic carbocycles. The zero-order chi connectivity index (χ0) is 15.1. The largest absolute Gasteiger partial charge is 0.381 e. The number of ether oxygens (including phenoxy) is 1. The predicted octanol–water partition coefficient (Wildman–Crippen LogP) is 2.28. The van der Waals surface area contributed by atoms with E-state index < -0.39 is 0 Å². The highest BCUT2D eigenvalue weighted by molar-refractivity contribution is 7.09. The molecule has 1 N–H and O–H groups in total. The first kappa shape index (κ1) is 16.2. The molecular formula is C15H26N4OS. The molecule has 0 spiro atoms. The highest BCUT2D eigenvalue weighted by Crippen LogP contribution is 2.28. The van der Waals surface area contributed by atoms with Crippen molar-refractivity contribution >= 4 is 17.3 Å². The average molecular weight is 310 g/mol. The van der Waals surface area contributed by atoms with Crippen LogP contribution >= 0.6 is 11.3 Å². The Morgan fingerprint density at radius 2 is 2.38 bits per heavy atom. The van der Waals surface area contributed by atoms with Crippen LogP contribution in [0.4, 0.5) is 0 Å². The Balaban J connectivity index is 1.61. The second-order valence-corrected chi connectivity index (χ2v) is 6.62. The molecule has 1 fully saturated rings. The van der Waals surface area contributed by atoms with Gasteiger partial charge in [0.05, 0.1) is 17.2 Å². The first-order valence-electron chi connectivity index (χ1n) is 7.59. The van der Waals surface area contributed by atoms with E-state index in [1.54, 1.807) is 11.3 Å². The molecule has 0 radical (unpaired) electrons. The number of guanidine groups is 1. The van der Waals surface area contributed by atoms with Gasteiger partial charge in [-0.15, -0.1) is 11.3 Å². The van der Waals surface area contributed by atoms with E-state index in [9.17, 15) is 0 Å². The Morgan fingerprint density at radius 3 is 3.00 bits per heavy atom. The highest BCUT2D eigenvalue weighted by atomic mass is 32.1. The van der Waals surface area contributed by atoms with Crippen LogP contribution in [0.5, 0.6) is 0 Å². The smallest absolute Gasteiger partial charge is 0.193 e. The summed E-state index contributed by atoms with van der Waals surface area (Å²) in [5, 5.41) is 6.58. The van der Waals surface area contributed by atoms with Gasteiger partial charge in [0, 0.05) is 39.2 Å². The normalized spacial score (nSPS) is 15.3. The lowest BCUT2D eigenvalue weighted by molar-refractivity contribution is 0.122. The van der Waals surface area contributed by atoms with E-state index in [0.717, 1.165) is 55.3 Å². The molecule has 0 amide bonds. The molecule has 0 aliphatic heterocycles. The van der Waals surface area contributed by atoms with Gasteiger partial charge in [0.15, 0.2) is 5.96 Å². The molecular weight excluding hydrogens is 284 g/mol. The van der Waals surface area contributed by atoms with Crippen LogP contribution in [-0.4, -0.2) is 49.7 Å². The van der Waals surface area contributed by atoms with Crippen molar-refractivity contribution in [3.05, 3.63) is 16.1 Å². The summed E-state index contributed by atoms with van der Waals surface area (Å²) in [7, 11) is 3.85. The Morgan fingerprint density at radius 1 is 1.57 bits per heavy atom. The van der Waals surface area contributed by atoms with Crippen LogP contribution in [0.2, 0.25) is 0 Å². The van der Waals surface area contributed by atoms with Crippen LogP contribution in [0.25, 0.3) is 0 Å². The topological polar surface area (TPSA) is 49.8 Å². The van der Waals surface area contributed by atoms with Gasteiger partial charge in [0.1, 0.15) is 0 Å². The molecule has 21 heavy (non-hydrogen) atoms. The lowest BCUT2D eigenvalue weighted by Crippen LogP contribution is -2.39. The molecule has 0 bridgehead atoms. The summed E-state index contributed by atoms with van der Waals surface area (Å²) in [5.41, 5.74) is 1.09. The van der Waals surface area contributed by atoms with Crippen molar-refractivity contribution in [3.63, 3.8) is 0 Å². The third-order valence-corrected chi connectivity index (χ3v) is 4.26. The Bertz CT molecular complexity index is 456. The number of aromatic nitrogens is 1. The number of aliphatic imine (C=N–C) groups is 1. The fourth-order valence-corrected chi connectivity index (χ4v) is 2.70. The van der Waals surface area contributed by atoms with Gasteiger partial charge in [-0.1, -0.05) is 0 Å². The van der Waals surface area contributed by atoms with Crippen LogP contribution in [0.1, 0.15) is 30.0 Å². The lowest BCUT2D eigenvalue weighted by Gasteiger charge is -2.21. The summed E-state index contributed by atoms with van der Waals surface area (Å²) < 4.78 is 5.63. The molecule has 0 atom stereocenters. The van der Waals surface area contributed by atoms with Crippen LogP contribution < -0.4 is 5.32 Å². The van der Waals surface area contributed by atoms with Crippen molar-refractivity contribution in [2.45, 2.75) is 32.7 Å². The number of aryl methyl sites for hydroxylation is 1. The fraction of sp³-hybridized carbons (Fsp3) is 0.733. The summed E-state index contributed by atoms with van der Waals surface area (Å²) in [5.74, 6) is 1.75. The molecule has 5 nitrogen and oxygen atoms in total.